The summed E-state index contributed by atoms with van der Waals surface area (Å²) >= 11 is 6.85. The number of carbonyl (C=O) groups is 1. The van der Waals surface area contributed by atoms with Crippen molar-refractivity contribution >= 4 is 55.3 Å². The van der Waals surface area contributed by atoms with E-state index in [2.05, 4.69) is 10.6 Å². The van der Waals surface area contributed by atoms with Gasteiger partial charge in [0, 0.05) is 23.7 Å². The van der Waals surface area contributed by atoms with Crippen LogP contribution in [0.25, 0.3) is 10.4 Å². The van der Waals surface area contributed by atoms with Gasteiger partial charge in [-0.15, -0.1) is 11.3 Å². The van der Waals surface area contributed by atoms with Gasteiger partial charge < -0.3 is 20.1 Å². The van der Waals surface area contributed by atoms with Crippen LogP contribution >= 0.6 is 23.6 Å². The SMILES string of the molecule is CCOC(=O)c1cc(-c2ccccc2)sc1NC(=S)Nc1cccc(S(=O)(=O)N2CCOCC2)c1. The van der Waals surface area contributed by atoms with Gasteiger partial charge in [0.15, 0.2) is 5.11 Å². The molecule has 0 amide bonds. The van der Waals surface area contributed by atoms with Crippen LogP contribution in [0.5, 0.6) is 0 Å². The predicted molar refractivity (Wildman–Crippen MR) is 142 cm³/mol. The quantitative estimate of drug-likeness (QED) is 0.342. The second kappa shape index (κ2) is 11.3. The summed E-state index contributed by atoms with van der Waals surface area (Å²) in [5, 5.41) is 6.85. The molecule has 0 saturated carbocycles. The number of nitrogens with zero attached hydrogens (tertiary/aromatic N) is 1. The largest absolute Gasteiger partial charge is 0.462 e. The van der Waals surface area contributed by atoms with E-state index < -0.39 is 16.0 Å². The Morgan fingerprint density at radius 2 is 1.83 bits per heavy atom. The van der Waals surface area contributed by atoms with Crippen molar-refractivity contribution in [3.05, 3.63) is 66.2 Å². The Kier molecular flexibility index (Phi) is 8.14. The van der Waals surface area contributed by atoms with Gasteiger partial charge in [-0.05, 0) is 49.0 Å². The molecule has 2 heterocycles. The summed E-state index contributed by atoms with van der Waals surface area (Å²) in [5.74, 6) is -0.449. The second-order valence-electron chi connectivity index (χ2n) is 7.56. The number of esters is 1. The third-order valence-electron chi connectivity index (χ3n) is 5.21. The molecule has 1 aliphatic heterocycles. The first-order valence-corrected chi connectivity index (χ1v) is 13.7. The van der Waals surface area contributed by atoms with Gasteiger partial charge in [-0.1, -0.05) is 36.4 Å². The molecule has 35 heavy (non-hydrogen) atoms. The summed E-state index contributed by atoms with van der Waals surface area (Å²) in [6.45, 7) is 3.39. The minimum absolute atomic E-state index is 0.168. The molecule has 11 heteroatoms. The van der Waals surface area contributed by atoms with Gasteiger partial charge in [0.2, 0.25) is 10.0 Å². The molecule has 1 aromatic heterocycles. The molecule has 1 aliphatic rings. The first kappa shape index (κ1) is 25.3. The summed E-state index contributed by atoms with van der Waals surface area (Å²) in [6.07, 6.45) is 0. The Balaban J connectivity index is 1.53. The Labute approximate surface area is 213 Å². The molecular weight excluding hydrogens is 506 g/mol. The molecule has 3 aromatic rings. The molecule has 1 saturated heterocycles. The number of thiocarbonyl (C=S) groups is 1. The third-order valence-corrected chi connectivity index (χ3v) is 8.41. The number of anilines is 2. The number of nitrogens with one attached hydrogen (secondary N) is 2. The van der Waals surface area contributed by atoms with Crippen molar-refractivity contribution in [1.82, 2.24) is 4.31 Å². The molecule has 0 unspecified atom stereocenters. The molecular formula is C24H25N3O5S3. The highest BCUT2D eigenvalue weighted by atomic mass is 32.2. The molecule has 0 spiro atoms. The number of hydrogen-bond acceptors (Lipinski definition) is 7. The van der Waals surface area contributed by atoms with Gasteiger partial charge in [0.25, 0.3) is 0 Å². The Hall–Kier alpha value is -2.83. The monoisotopic (exact) mass is 531 g/mol. The van der Waals surface area contributed by atoms with E-state index in [-0.39, 0.29) is 16.6 Å². The Morgan fingerprint density at radius 3 is 2.54 bits per heavy atom. The highest BCUT2D eigenvalue weighted by molar-refractivity contribution is 7.89. The van der Waals surface area contributed by atoms with Crippen LogP contribution in [0.1, 0.15) is 17.3 Å². The van der Waals surface area contributed by atoms with Crippen LogP contribution in [0.15, 0.2) is 65.6 Å². The number of hydrogen-bond donors (Lipinski definition) is 2. The van der Waals surface area contributed by atoms with Gasteiger partial charge in [-0.3, -0.25) is 0 Å². The van der Waals surface area contributed by atoms with Crippen LogP contribution in [0.3, 0.4) is 0 Å². The van der Waals surface area contributed by atoms with Gasteiger partial charge in [0.05, 0.1) is 30.3 Å². The van der Waals surface area contributed by atoms with Gasteiger partial charge >= 0.3 is 5.97 Å². The highest BCUT2D eigenvalue weighted by Crippen LogP contribution is 2.36. The van der Waals surface area contributed by atoms with Gasteiger partial charge in [-0.25, -0.2) is 13.2 Å². The van der Waals surface area contributed by atoms with E-state index in [1.54, 1.807) is 31.2 Å². The number of thiophene rings is 1. The number of carbonyl (C=O) groups excluding carboxylic acids is 1. The lowest BCUT2D eigenvalue weighted by Gasteiger charge is -2.26. The fourth-order valence-electron chi connectivity index (χ4n) is 3.52. The van der Waals surface area contributed by atoms with Gasteiger partial charge in [0.1, 0.15) is 5.00 Å². The van der Waals surface area contributed by atoms with Crippen LogP contribution in [-0.4, -0.2) is 56.7 Å². The zero-order chi connectivity index (χ0) is 24.8. The molecule has 8 nitrogen and oxygen atoms in total. The molecule has 0 radical (unpaired) electrons. The molecule has 1 fully saturated rings. The van der Waals surface area contributed by atoms with Crippen LogP contribution in [0, 0.1) is 0 Å². The van der Waals surface area contributed by atoms with Gasteiger partial charge in [-0.2, -0.15) is 4.31 Å². The van der Waals surface area contributed by atoms with Crippen molar-refractivity contribution in [2.75, 3.05) is 43.5 Å². The number of morpholine rings is 1. The minimum Gasteiger partial charge on any atom is -0.462 e. The highest BCUT2D eigenvalue weighted by Gasteiger charge is 2.26. The first-order valence-electron chi connectivity index (χ1n) is 11.0. The molecule has 2 aromatic carbocycles. The van der Waals surface area contributed by atoms with Crippen molar-refractivity contribution in [3.63, 3.8) is 0 Å². The molecule has 0 atom stereocenters. The van der Waals surface area contributed by atoms with Crippen molar-refractivity contribution < 1.29 is 22.7 Å². The third kappa shape index (κ3) is 6.06. The zero-order valence-electron chi connectivity index (χ0n) is 19.0. The predicted octanol–water partition coefficient (Wildman–Crippen LogP) is 4.42. The molecule has 0 bridgehead atoms. The van der Waals surface area contributed by atoms with E-state index >= 15 is 0 Å². The molecule has 4 rings (SSSR count). The standard InChI is InChI=1S/C24H25N3O5S3/c1-2-32-23(28)20-16-21(17-7-4-3-5-8-17)34-22(20)26-24(33)25-18-9-6-10-19(15-18)35(29,30)27-11-13-31-14-12-27/h3-10,15-16H,2,11-14H2,1H3,(H2,25,26,33). The average Bonchev–Trinajstić information content (AvgIpc) is 3.29. The maximum Gasteiger partial charge on any atom is 0.341 e. The maximum absolute atomic E-state index is 13.0. The fourth-order valence-corrected chi connectivity index (χ4v) is 6.32. The van der Waals surface area contributed by atoms with E-state index in [0.29, 0.717) is 42.6 Å². The summed E-state index contributed by atoms with van der Waals surface area (Å²) in [7, 11) is -3.64. The van der Waals surface area contributed by atoms with Crippen molar-refractivity contribution in [3.8, 4) is 10.4 Å². The summed E-state index contributed by atoms with van der Waals surface area (Å²) < 4.78 is 37.8. The molecule has 0 aliphatic carbocycles. The van der Waals surface area contributed by atoms with Crippen molar-refractivity contribution in [2.45, 2.75) is 11.8 Å². The average molecular weight is 532 g/mol. The van der Waals surface area contributed by atoms with Crippen LogP contribution in [0.2, 0.25) is 0 Å². The lowest BCUT2D eigenvalue weighted by molar-refractivity contribution is 0.0528. The maximum atomic E-state index is 13.0. The summed E-state index contributed by atoms with van der Waals surface area (Å²) in [6, 6.07) is 17.9. The summed E-state index contributed by atoms with van der Waals surface area (Å²) in [5.41, 5.74) is 1.86. The number of ether oxygens (including phenoxy) is 2. The summed E-state index contributed by atoms with van der Waals surface area (Å²) in [4.78, 5) is 13.6. The number of rotatable bonds is 7. The lowest BCUT2D eigenvalue weighted by Crippen LogP contribution is -2.40. The van der Waals surface area contributed by atoms with E-state index in [0.717, 1.165) is 10.4 Å². The van der Waals surface area contributed by atoms with Crippen LogP contribution in [-0.2, 0) is 19.5 Å². The van der Waals surface area contributed by atoms with Crippen LogP contribution < -0.4 is 10.6 Å². The first-order chi connectivity index (χ1) is 16.9. The molecule has 184 valence electrons. The zero-order valence-corrected chi connectivity index (χ0v) is 21.5. The second-order valence-corrected chi connectivity index (χ2v) is 11.0. The number of benzene rings is 2. The van der Waals surface area contributed by atoms with E-state index in [4.69, 9.17) is 21.7 Å². The molecule has 2 N–H and O–H groups in total. The van der Waals surface area contributed by atoms with Crippen molar-refractivity contribution in [1.29, 1.82) is 0 Å². The van der Waals surface area contributed by atoms with E-state index in [1.807, 2.05) is 30.3 Å². The van der Waals surface area contributed by atoms with Crippen LogP contribution in [0.4, 0.5) is 10.7 Å². The Bertz CT molecular complexity index is 1300. The normalized spacial score (nSPS) is 14.3. The van der Waals surface area contributed by atoms with E-state index in [1.165, 1.54) is 21.7 Å². The smallest absolute Gasteiger partial charge is 0.341 e. The Morgan fingerprint density at radius 1 is 1.09 bits per heavy atom. The fraction of sp³-hybridized carbons (Fsp3) is 0.250. The minimum atomic E-state index is -3.64. The van der Waals surface area contributed by atoms with E-state index in [9.17, 15) is 13.2 Å². The van der Waals surface area contributed by atoms with Crippen molar-refractivity contribution in [2.24, 2.45) is 0 Å². The topological polar surface area (TPSA) is 97.0 Å². The lowest BCUT2D eigenvalue weighted by atomic mass is 10.1. The number of sulfonamides is 1.